The summed E-state index contributed by atoms with van der Waals surface area (Å²) >= 11 is 0. The fraction of sp³-hybridized carbons (Fsp3) is 0.862. The van der Waals surface area contributed by atoms with Crippen LogP contribution in [0, 0.1) is 0 Å². The lowest BCUT2D eigenvalue weighted by Gasteiger charge is -2.24. The normalized spacial score (nSPS) is 12.4. The molecule has 0 spiro atoms. The zero-order valence-electron chi connectivity index (χ0n) is 23.8. The van der Waals surface area contributed by atoms with Crippen molar-refractivity contribution < 1.29 is 28.5 Å². The molecule has 1 unspecified atom stereocenters. The number of hydrogen-bond acceptors (Lipinski definition) is 7. The SMILES string of the molecule is CCCCCCCC/C=C\COC(=O)CCCCCOCC(COCCCCCC(=O)OC)N(C)C. The van der Waals surface area contributed by atoms with Crippen LogP contribution in [0.2, 0.25) is 0 Å². The molecule has 0 fully saturated rings. The monoisotopic (exact) mass is 513 g/mol. The Labute approximate surface area is 221 Å². The Kier molecular flexibility index (Phi) is 25.6. The Hall–Kier alpha value is -1.44. The first-order valence-electron chi connectivity index (χ1n) is 14.2. The van der Waals surface area contributed by atoms with Crippen molar-refractivity contribution in [3.05, 3.63) is 12.2 Å². The van der Waals surface area contributed by atoms with Crippen LogP contribution in [0.5, 0.6) is 0 Å². The third kappa shape index (κ3) is 24.3. The number of hydrogen-bond donors (Lipinski definition) is 0. The molecular weight excluding hydrogens is 458 g/mol. The molecule has 0 aromatic carbocycles. The van der Waals surface area contributed by atoms with Gasteiger partial charge in [0.25, 0.3) is 0 Å². The van der Waals surface area contributed by atoms with E-state index in [1.54, 1.807) is 0 Å². The van der Waals surface area contributed by atoms with Crippen molar-refractivity contribution in [3.8, 4) is 0 Å². The molecule has 0 aromatic heterocycles. The molecule has 0 aromatic rings. The van der Waals surface area contributed by atoms with Gasteiger partial charge in [0, 0.05) is 26.1 Å². The highest BCUT2D eigenvalue weighted by molar-refractivity contribution is 5.69. The van der Waals surface area contributed by atoms with Crippen LogP contribution in [-0.2, 0) is 28.5 Å². The molecule has 0 aliphatic carbocycles. The van der Waals surface area contributed by atoms with Gasteiger partial charge in [-0.3, -0.25) is 9.59 Å². The van der Waals surface area contributed by atoms with Gasteiger partial charge in [-0.25, -0.2) is 0 Å². The quantitative estimate of drug-likeness (QED) is 0.0786. The maximum absolute atomic E-state index is 11.8. The van der Waals surface area contributed by atoms with Gasteiger partial charge < -0.3 is 23.8 Å². The second-order valence-corrected chi connectivity index (χ2v) is 9.68. The summed E-state index contributed by atoms with van der Waals surface area (Å²) in [5, 5.41) is 0. The van der Waals surface area contributed by atoms with E-state index in [2.05, 4.69) is 22.6 Å². The molecule has 0 aliphatic rings. The van der Waals surface area contributed by atoms with Crippen molar-refractivity contribution in [2.75, 3.05) is 54.2 Å². The summed E-state index contributed by atoms with van der Waals surface area (Å²) in [6.07, 6.45) is 19.4. The number of rotatable bonds is 26. The van der Waals surface area contributed by atoms with E-state index < -0.39 is 0 Å². The number of allylic oxidation sites excluding steroid dienone is 1. The standard InChI is InChI=1S/C29H55NO6/c1-5-6-7-8-9-10-11-12-19-24-36-29(32)21-16-14-18-23-35-26-27(30(2)3)25-34-22-17-13-15-20-28(31)33-4/h12,19,27H,5-11,13-18,20-26H2,1-4H3/b19-12-. The Morgan fingerprint density at radius 3 is 1.86 bits per heavy atom. The van der Waals surface area contributed by atoms with E-state index in [0.717, 1.165) is 44.9 Å². The summed E-state index contributed by atoms with van der Waals surface area (Å²) in [7, 11) is 5.48. The lowest BCUT2D eigenvalue weighted by molar-refractivity contribution is -0.142. The number of esters is 2. The zero-order valence-corrected chi connectivity index (χ0v) is 23.8. The second kappa shape index (κ2) is 26.6. The molecule has 0 aliphatic heterocycles. The maximum atomic E-state index is 11.8. The van der Waals surface area contributed by atoms with Gasteiger partial charge >= 0.3 is 11.9 Å². The highest BCUT2D eigenvalue weighted by atomic mass is 16.5. The van der Waals surface area contributed by atoms with Crippen LogP contribution in [0.25, 0.3) is 0 Å². The molecule has 0 rings (SSSR count). The third-order valence-electron chi connectivity index (χ3n) is 6.15. The summed E-state index contributed by atoms with van der Waals surface area (Å²) in [6.45, 7) is 5.26. The van der Waals surface area contributed by atoms with E-state index in [1.807, 2.05) is 20.2 Å². The number of nitrogens with zero attached hydrogens (tertiary/aromatic N) is 1. The average Bonchev–Trinajstić information content (AvgIpc) is 2.86. The van der Waals surface area contributed by atoms with Gasteiger partial charge in [0.05, 0.1) is 26.4 Å². The van der Waals surface area contributed by atoms with Crippen molar-refractivity contribution in [2.24, 2.45) is 0 Å². The molecule has 0 saturated heterocycles. The Bertz CT molecular complexity index is 538. The van der Waals surface area contributed by atoms with E-state index in [4.69, 9.17) is 14.2 Å². The van der Waals surface area contributed by atoms with Crippen molar-refractivity contribution in [3.63, 3.8) is 0 Å². The van der Waals surface area contributed by atoms with Crippen molar-refractivity contribution in [2.45, 2.75) is 109 Å². The topological polar surface area (TPSA) is 74.3 Å². The smallest absolute Gasteiger partial charge is 0.306 e. The van der Waals surface area contributed by atoms with Gasteiger partial charge in [-0.15, -0.1) is 0 Å². The Morgan fingerprint density at radius 2 is 1.28 bits per heavy atom. The Balaban J connectivity index is 3.58. The fourth-order valence-corrected chi connectivity index (χ4v) is 3.63. The number of ether oxygens (including phenoxy) is 4. The van der Waals surface area contributed by atoms with E-state index in [9.17, 15) is 9.59 Å². The predicted molar refractivity (Wildman–Crippen MR) is 146 cm³/mol. The molecule has 0 amide bonds. The number of unbranched alkanes of at least 4 members (excludes halogenated alkanes) is 10. The molecule has 0 radical (unpaired) electrons. The molecule has 0 bridgehead atoms. The van der Waals surface area contributed by atoms with Gasteiger partial charge in [-0.2, -0.15) is 0 Å². The van der Waals surface area contributed by atoms with Crippen molar-refractivity contribution in [1.82, 2.24) is 4.90 Å². The minimum Gasteiger partial charge on any atom is -0.469 e. The van der Waals surface area contributed by atoms with Crippen LogP contribution < -0.4 is 0 Å². The lowest BCUT2D eigenvalue weighted by atomic mass is 10.1. The van der Waals surface area contributed by atoms with Gasteiger partial charge in [0.15, 0.2) is 0 Å². The van der Waals surface area contributed by atoms with Gasteiger partial charge in [0.1, 0.15) is 6.61 Å². The number of likely N-dealkylation sites (N-methyl/N-ethyl adjacent to an activating group) is 1. The van der Waals surface area contributed by atoms with E-state index >= 15 is 0 Å². The van der Waals surface area contributed by atoms with E-state index in [0.29, 0.717) is 45.9 Å². The summed E-state index contributed by atoms with van der Waals surface area (Å²) in [5.41, 5.74) is 0. The lowest BCUT2D eigenvalue weighted by Crippen LogP contribution is -2.37. The molecule has 212 valence electrons. The summed E-state index contributed by atoms with van der Waals surface area (Å²) < 4.78 is 21.5. The zero-order chi connectivity index (χ0) is 26.7. The second-order valence-electron chi connectivity index (χ2n) is 9.68. The molecule has 0 N–H and O–H groups in total. The van der Waals surface area contributed by atoms with Gasteiger partial charge in [-0.1, -0.05) is 64.0 Å². The molecular formula is C29H55NO6. The molecule has 0 heterocycles. The van der Waals surface area contributed by atoms with Gasteiger partial charge in [-0.05, 0) is 52.6 Å². The maximum Gasteiger partial charge on any atom is 0.306 e. The van der Waals surface area contributed by atoms with E-state index in [-0.39, 0.29) is 18.0 Å². The summed E-state index contributed by atoms with van der Waals surface area (Å²) in [4.78, 5) is 25.0. The number of methoxy groups -OCH3 is 1. The van der Waals surface area contributed by atoms with Gasteiger partial charge in [0.2, 0.25) is 0 Å². The highest BCUT2D eigenvalue weighted by Gasteiger charge is 2.12. The minimum atomic E-state index is -0.151. The van der Waals surface area contributed by atoms with Crippen LogP contribution in [0.1, 0.15) is 103 Å². The first-order chi connectivity index (χ1) is 17.5. The minimum absolute atomic E-state index is 0.116. The number of carbonyl (C=O) groups excluding carboxylic acids is 2. The predicted octanol–water partition coefficient (Wildman–Crippen LogP) is 6.09. The van der Waals surface area contributed by atoms with Crippen LogP contribution in [0.15, 0.2) is 12.2 Å². The highest BCUT2D eigenvalue weighted by Crippen LogP contribution is 2.08. The third-order valence-corrected chi connectivity index (χ3v) is 6.15. The molecule has 1 atom stereocenters. The summed E-state index contributed by atoms with van der Waals surface area (Å²) in [6, 6.07) is 0.212. The van der Waals surface area contributed by atoms with Crippen LogP contribution in [0.4, 0.5) is 0 Å². The van der Waals surface area contributed by atoms with Crippen LogP contribution in [-0.4, -0.2) is 77.1 Å². The van der Waals surface area contributed by atoms with Crippen molar-refractivity contribution >= 4 is 11.9 Å². The Morgan fingerprint density at radius 1 is 0.722 bits per heavy atom. The van der Waals surface area contributed by atoms with E-state index in [1.165, 1.54) is 45.6 Å². The molecule has 7 nitrogen and oxygen atoms in total. The molecule has 7 heteroatoms. The fourth-order valence-electron chi connectivity index (χ4n) is 3.63. The first-order valence-corrected chi connectivity index (χ1v) is 14.2. The molecule has 0 saturated carbocycles. The molecule has 36 heavy (non-hydrogen) atoms. The largest absolute Gasteiger partial charge is 0.469 e. The first kappa shape index (κ1) is 34.6. The van der Waals surface area contributed by atoms with Crippen LogP contribution in [0.3, 0.4) is 0 Å². The van der Waals surface area contributed by atoms with Crippen molar-refractivity contribution in [1.29, 1.82) is 0 Å². The number of carbonyl (C=O) groups is 2. The average molecular weight is 514 g/mol. The summed E-state index contributed by atoms with van der Waals surface area (Å²) in [5.74, 6) is -0.266. The van der Waals surface area contributed by atoms with Crippen LogP contribution >= 0.6 is 0 Å².